The summed E-state index contributed by atoms with van der Waals surface area (Å²) in [6.07, 6.45) is 1.42. The largest absolute Gasteiger partial charge is 0.340 e. The minimum absolute atomic E-state index is 0.203. The van der Waals surface area contributed by atoms with Crippen molar-refractivity contribution in [2.45, 2.75) is 0 Å². The molecule has 0 unspecified atom stereocenters. The van der Waals surface area contributed by atoms with E-state index in [9.17, 15) is 13.6 Å². The van der Waals surface area contributed by atoms with Gasteiger partial charge in [-0.05, 0) is 48.5 Å². The zero-order valence-corrected chi connectivity index (χ0v) is 13.5. The van der Waals surface area contributed by atoms with Crippen molar-refractivity contribution >= 4 is 34.7 Å². The van der Waals surface area contributed by atoms with Crippen LogP contribution in [-0.2, 0) is 0 Å². The SMILES string of the molecule is O=C(Nc1c(F)cccc1F)c1ccnc(Nc2ccc(Cl)cc2)c1. The average Bonchev–Trinajstić information content (AvgIpc) is 2.60. The lowest BCUT2D eigenvalue weighted by Gasteiger charge is -2.09. The first kappa shape index (κ1) is 16.9. The molecule has 1 heterocycles. The quantitative estimate of drug-likeness (QED) is 0.688. The number of halogens is 3. The monoisotopic (exact) mass is 359 g/mol. The maximum absolute atomic E-state index is 13.6. The number of rotatable bonds is 4. The summed E-state index contributed by atoms with van der Waals surface area (Å²) in [5.74, 6) is -1.93. The van der Waals surface area contributed by atoms with Crippen LogP contribution in [0.15, 0.2) is 60.8 Å². The van der Waals surface area contributed by atoms with Crippen LogP contribution < -0.4 is 10.6 Å². The number of nitrogens with one attached hydrogen (secondary N) is 2. The number of amides is 1. The van der Waals surface area contributed by atoms with E-state index in [4.69, 9.17) is 11.6 Å². The number of para-hydroxylation sites is 1. The fraction of sp³-hybridized carbons (Fsp3) is 0. The molecule has 0 saturated carbocycles. The number of pyridine rings is 1. The Bertz CT molecular complexity index is 896. The molecular weight excluding hydrogens is 348 g/mol. The van der Waals surface area contributed by atoms with Crippen molar-refractivity contribution in [2.75, 3.05) is 10.6 Å². The van der Waals surface area contributed by atoms with Crippen LogP contribution >= 0.6 is 11.6 Å². The minimum Gasteiger partial charge on any atom is -0.340 e. The summed E-state index contributed by atoms with van der Waals surface area (Å²) >= 11 is 5.83. The maximum Gasteiger partial charge on any atom is 0.256 e. The molecule has 2 N–H and O–H groups in total. The van der Waals surface area contributed by atoms with Crippen LogP contribution in [0.4, 0.5) is 26.0 Å². The second kappa shape index (κ2) is 7.27. The number of hydrogen-bond acceptors (Lipinski definition) is 3. The van der Waals surface area contributed by atoms with Crippen LogP contribution in [0, 0.1) is 11.6 Å². The number of carbonyl (C=O) groups excluding carboxylic acids is 1. The molecule has 25 heavy (non-hydrogen) atoms. The molecule has 0 aliphatic heterocycles. The van der Waals surface area contributed by atoms with Gasteiger partial charge in [-0.15, -0.1) is 0 Å². The zero-order valence-electron chi connectivity index (χ0n) is 12.8. The van der Waals surface area contributed by atoms with Crippen molar-refractivity contribution < 1.29 is 13.6 Å². The van der Waals surface area contributed by atoms with Crippen LogP contribution in [0.1, 0.15) is 10.4 Å². The Morgan fingerprint density at radius 2 is 1.68 bits per heavy atom. The third kappa shape index (κ3) is 4.10. The van der Waals surface area contributed by atoms with Crippen LogP contribution in [0.3, 0.4) is 0 Å². The van der Waals surface area contributed by atoms with Gasteiger partial charge in [-0.3, -0.25) is 4.79 Å². The topological polar surface area (TPSA) is 54.0 Å². The van der Waals surface area contributed by atoms with E-state index < -0.39 is 23.2 Å². The highest BCUT2D eigenvalue weighted by Gasteiger charge is 2.14. The molecule has 0 aliphatic carbocycles. The lowest BCUT2D eigenvalue weighted by molar-refractivity contribution is 0.102. The van der Waals surface area contributed by atoms with Gasteiger partial charge in [0, 0.05) is 22.5 Å². The number of anilines is 3. The summed E-state index contributed by atoms with van der Waals surface area (Å²) in [5, 5.41) is 5.84. The summed E-state index contributed by atoms with van der Waals surface area (Å²) in [4.78, 5) is 16.4. The fourth-order valence-corrected chi connectivity index (χ4v) is 2.25. The van der Waals surface area contributed by atoms with Crippen molar-refractivity contribution in [1.82, 2.24) is 4.98 Å². The second-order valence-corrected chi connectivity index (χ2v) is 5.55. The normalized spacial score (nSPS) is 10.4. The highest BCUT2D eigenvalue weighted by Crippen LogP contribution is 2.21. The van der Waals surface area contributed by atoms with Crippen molar-refractivity contribution in [3.63, 3.8) is 0 Å². The predicted octanol–water partition coefficient (Wildman–Crippen LogP) is 5.01. The molecule has 3 aromatic rings. The average molecular weight is 360 g/mol. The van der Waals surface area contributed by atoms with E-state index >= 15 is 0 Å². The molecule has 3 rings (SSSR count). The number of carbonyl (C=O) groups is 1. The lowest BCUT2D eigenvalue weighted by atomic mass is 10.2. The van der Waals surface area contributed by atoms with Crippen LogP contribution in [-0.4, -0.2) is 10.9 Å². The Balaban J connectivity index is 1.78. The first-order valence-electron chi connectivity index (χ1n) is 7.27. The van der Waals surface area contributed by atoms with Crippen molar-refractivity contribution in [3.05, 3.63) is 83.0 Å². The summed E-state index contributed by atoms with van der Waals surface area (Å²) in [5.41, 5.74) is 0.445. The smallest absolute Gasteiger partial charge is 0.256 e. The summed E-state index contributed by atoms with van der Waals surface area (Å²) in [6, 6.07) is 13.2. The van der Waals surface area contributed by atoms with Crippen molar-refractivity contribution in [1.29, 1.82) is 0 Å². The van der Waals surface area contributed by atoms with Gasteiger partial charge in [0.05, 0.1) is 0 Å². The standard InChI is InChI=1S/C18H12ClF2N3O/c19-12-4-6-13(7-5-12)23-16-10-11(8-9-22-16)18(25)24-17-14(20)2-1-3-15(17)21/h1-10H,(H,22,23)(H,24,25). The van der Waals surface area contributed by atoms with Gasteiger partial charge in [0.1, 0.15) is 23.1 Å². The molecule has 0 fully saturated rings. The van der Waals surface area contributed by atoms with Crippen molar-refractivity contribution in [2.24, 2.45) is 0 Å². The molecular formula is C18H12ClF2N3O. The van der Waals surface area contributed by atoms with E-state index in [0.717, 1.165) is 17.8 Å². The van der Waals surface area contributed by atoms with Crippen LogP contribution in [0.2, 0.25) is 5.02 Å². The Morgan fingerprint density at radius 1 is 1.00 bits per heavy atom. The highest BCUT2D eigenvalue weighted by molar-refractivity contribution is 6.30. The minimum atomic E-state index is -0.845. The zero-order chi connectivity index (χ0) is 17.8. The van der Waals surface area contributed by atoms with Gasteiger partial charge in [0.2, 0.25) is 0 Å². The fourth-order valence-electron chi connectivity index (χ4n) is 2.12. The summed E-state index contributed by atoms with van der Waals surface area (Å²) in [7, 11) is 0. The molecule has 0 atom stereocenters. The molecule has 0 saturated heterocycles. The maximum atomic E-state index is 13.6. The first-order valence-corrected chi connectivity index (χ1v) is 7.65. The first-order chi connectivity index (χ1) is 12.0. The molecule has 0 spiro atoms. The van der Waals surface area contributed by atoms with Gasteiger partial charge in [0.15, 0.2) is 0 Å². The molecule has 1 aromatic heterocycles. The molecule has 7 heteroatoms. The number of aromatic nitrogens is 1. The van der Waals surface area contributed by atoms with Crippen LogP contribution in [0.25, 0.3) is 0 Å². The molecule has 1 amide bonds. The third-order valence-corrected chi connectivity index (χ3v) is 3.59. The number of hydrogen-bond donors (Lipinski definition) is 2. The van der Waals surface area contributed by atoms with Crippen LogP contribution in [0.5, 0.6) is 0 Å². The summed E-state index contributed by atoms with van der Waals surface area (Å²) in [6.45, 7) is 0. The third-order valence-electron chi connectivity index (χ3n) is 3.34. The van der Waals surface area contributed by atoms with Gasteiger partial charge >= 0.3 is 0 Å². The van der Waals surface area contributed by atoms with E-state index in [2.05, 4.69) is 15.6 Å². The van der Waals surface area contributed by atoms with Gasteiger partial charge in [0.25, 0.3) is 5.91 Å². The number of benzene rings is 2. The number of nitrogens with zero attached hydrogens (tertiary/aromatic N) is 1. The van der Waals surface area contributed by atoms with Gasteiger partial charge in [-0.1, -0.05) is 17.7 Å². The molecule has 0 bridgehead atoms. The van der Waals surface area contributed by atoms with E-state index in [-0.39, 0.29) is 5.56 Å². The Hall–Kier alpha value is -2.99. The van der Waals surface area contributed by atoms with Gasteiger partial charge in [-0.2, -0.15) is 0 Å². The Kier molecular flexibility index (Phi) is 4.90. The Labute approximate surface area is 147 Å². The van der Waals surface area contributed by atoms with E-state index in [0.29, 0.717) is 10.8 Å². The lowest BCUT2D eigenvalue weighted by Crippen LogP contribution is -2.14. The summed E-state index contributed by atoms with van der Waals surface area (Å²) < 4.78 is 27.3. The van der Waals surface area contributed by atoms with Gasteiger partial charge in [-0.25, -0.2) is 13.8 Å². The predicted molar refractivity (Wildman–Crippen MR) is 93.3 cm³/mol. The van der Waals surface area contributed by atoms with Crippen molar-refractivity contribution in [3.8, 4) is 0 Å². The molecule has 0 aliphatic rings. The Morgan fingerprint density at radius 3 is 2.36 bits per heavy atom. The van der Waals surface area contributed by atoms with E-state index in [1.165, 1.54) is 24.4 Å². The second-order valence-electron chi connectivity index (χ2n) is 5.11. The van der Waals surface area contributed by atoms with E-state index in [1.807, 2.05) is 0 Å². The highest BCUT2D eigenvalue weighted by atomic mass is 35.5. The molecule has 4 nitrogen and oxygen atoms in total. The van der Waals surface area contributed by atoms with Gasteiger partial charge < -0.3 is 10.6 Å². The van der Waals surface area contributed by atoms with E-state index in [1.54, 1.807) is 24.3 Å². The molecule has 126 valence electrons. The molecule has 2 aromatic carbocycles. The molecule has 0 radical (unpaired) electrons.